The molecule has 0 aliphatic carbocycles. The van der Waals surface area contributed by atoms with Crippen molar-refractivity contribution >= 4 is 29.1 Å². The largest absolute Gasteiger partial charge is 0.325 e. The molecule has 0 spiro atoms. The molecule has 146 valence electrons. The second-order valence-corrected chi connectivity index (χ2v) is 7.29. The minimum atomic E-state index is -0.286. The molecule has 1 heterocycles. The van der Waals surface area contributed by atoms with Crippen LogP contribution in [0.25, 0.3) is 0 Å². The summed E-state index contributed by atoms with van der Waals surface area (Å²) < 4.78 is 0. The Bertz CT molecular complexity index is 890. The molecule has 3 amide bonds. The maximum absolute atomic E-state index is 12.7. The summed E-state index contributed by atoms with van der Waals surface area (Å²) in [6.45, 7) is 6.75. The lowest BCUT2D eigenvalue weighted by molar-refractivity contribution is -0.116. The number of benzene rings is 2. The molecule has 6 nitrogen and oxygen atoms in total. The first-order chi connectivity index (χ1) is 13.3. The minimum absolute atomic E-state index is 0.0241. The van der Waals surface area contributed by atoms with Crippen LogP contribution < -0.4 is 10.2 Å². The Morgan fingerprint density at radius 3 is 2.43 bits per heavy atom. The zero-order valence-electron chi connectivity index (χ0n) is 16.4. The van der Waals surface area contributed by atoms with Crippen molar-refractivity contribution in [3.8, 4) is 0 Å². The van der Waals surface area contributed by atoms with Gasteiger partial charge in [0.05, 0.1) is 0 Å². The molecule has 0 saturated carbocycles. The van der Waals surface area contributed by atoms with Crippen molar-refractivity contribution in [2.24, 2.45) is 0 Å². The Hall–Kier alpha value is -3.15. The molecule has 0 radical (unpaired) electrons. The number of amides is 3. The molecule has 1 aliphatic heterocycles. The summed E-state index contributed by atoms with van der Waals surface area (Å²) in [6, 6.07) is 14.6. The second-order valence-electron chi connectivity index (χ2n) is 7.29. The van der Waals surface area contributed by atoms with Crippen LogP contribution in [0.5, 0.6) is 0 Å². The summed E-state index contributed by atoms with van der Waals surface area (Å²) in [4.78, 5) is 39.7. The standard InChI is InChI=1S/C22H25N3O3/c1-15(2)17-7-9-20(10-8-17)25-12-11-24(22(25)28)14-21(27)23-19-6-4-5-18(13-19)16(3)26/h4-10,13,15H,11-12,14H2,1-3H3,(H,23,27). The van der Waals surface area contributed by atoms with E-state index in [2.05, 4.69) is 19.2 Å². The normalized spacial score (nSPS) is 13.9. The highest BCUT2D eigenvalue weighted by molar-refractivity contribution is 6.00. The smallest absolute Gasteiger partial charge is 0.325 e. The maximum Gasteiger partial charge on any atom is 0.325 e. The van der Waals surface area contributed by atoms with Gasteiger partial charge >= 0.3 is 6.03 Å². The molecule has 28 heavy (non-hydrogen) atoms. The molecule has 0 atom stereocenters. The summed E-state index contributed by atoms with van der Waals surface area (Å²) in [5.41, 5.74) is 3.14. The van der Waals surface area contributed by atoms with E-state index >= 15 is 0 Å². The molecule has 0 bridgehead atoms. The first kappa shape index (κ1) is 19.6. The van der Waals surface area contributed by atoms with Crippen LogP contribution >= 0.6 is 0 Å². The third-order valence-electron chi connectivity index (χ3n) is 4.85. The summed E-state index contributed by atoms with van der Waals surface area (Å²) in [7, 11) is 0. The van der Waals surface area contributed by atoms with Crippen LogP contribution in [0.15, 0.2) is 48.5 Å². The fourth-order valence-electron chi connectivity index (χ4n) is 3.20. The van der Waals surface area contributed by atoms with E-state index in [1.165, 1.54) is 17.4 Å². The molecule has 1 N–H and O–H groups in total. The van der Waals surface area contributed by atoms with Crippen LogP contribution in [-0.4, -0.2) is 42.3 Å². The summed E-state index contributed by atoms with van der Waals surface area (Å²) in [6.07, 6.45) is 0. The number of urea groups is 1. The number of carbonyl (C=O) groups excluding carboxylic acids is 3. The van der Waals surface area contributed by atoms with Crippen molar-refractivity contribution in [3.05, 3.63) is 59.7 Å². The predicted molar refractivity (Wildman–Crippen MR) is 110 cm³/mol. The van der Waals surface area contributed by atoms with Crippen LogP contribution in [0.4, 0.5) is 16.2 Å². The van der Waals surface area contributed by atoms with Crippen molar-refractivity contribution in [1.82, 2.24) is 4.90 Å². The molecule has 0 aromatic heterocycles. The molecular formula is C22H25N3O3. The van der Waals surface area contributed by atoms with Crippen LogP contribution in [0.2, 0.25) is 0 Å². The highest BCUT2D eigenvalue weighted by Gasteiger charge is 2.30. The third-order valence-corrected chi connectivity index (χ3v) is 4.85. The second kappa shape index (κ2) is 8.25. The van der Waals surface area contributed by atoms with Gasteiger partial charge in [0.15, 0.2) is 5.78 Å². The monoisotopic (exact) mass is 379 g/mol. The molecule has 6 heteroatoms. The van der Waals surface area contributed by atoms with Gasteiger partial charge in [0.1, 0.15) is 6.54 Å². The molecular weight excluding hydrogens is 354 g/mol. The number of nitrogens with one attached hydrogen (secondary N) is 1. The number of Topliss-reactive ketones (excluding diaryl/α,β-unsaturated/α-hetero) is 1. The zero-order valence-corrected chi connectivity index (χ0v) is 16.4. The number of hydrogen-bond acceptors (Lipinski definition) is 3. The molecule has 1 aliphatic rings. The van der Waals surface area contributed by atoms with Crippen molar-refractivity contribution in [2.75, 3.05) is 29.9 Å². The van der Waals surface area contributed by atoms with Gasteiger partial charge in [-0.1, -0.05) is 38.1 Å². The Balaban J connectivity index is 1.61. The van der Waals surface area contributed by atoms with Gasteiger partial charge in [0, 0.05) is 30.0 Å². The van der Waals surface area contributed by atoms with E-state index < -0.39 is 0 Å². The van der Waals surface area contributed by atoms with Crippen LogP contribution in [0.1, 0.15) is 42.6 Å². The van der Waals surface area contributed by atoms with Gasteiger partial charge in [-0.2, -0.15) is 0 Å². The van der Waals surface area contributed by atoms with Gasteiger partial charge in [-0.05, 0) is 42.7 Å². The van der Waals surface area contributed by atoms with Gasteiger partial charge in [-0.25, -0.2) is 4.79 Å². The molecule has 1 fully saturated rings. The number of anilines is 2. The van der Waals surface area contributed by atoms with E-state index in [0.717, 1.165) is 5.69 Å². The first-order valence-corrected chi connectivity index (χ1v) is 9.42. The predicted octanol–water partition coefficient (Wildman–Crippen LogP) is 3.89. The van der Waals surface area contributed by atoms with E-state index in [1.807, 2.05) is 24.3 Å². The van der Waals surface area contributed by atoms with Gasteiger partial charge in [-0.3, -0.25) is 14.5 Å². The lowest BCUT2D eigenvalue weighted by Crippen LogP contribution is -2.37. The number of carbonyl (C=O) groups is 3. The number of hydrogen-bond donors (Lipinski definition) is 1. The van der Waals surface area contributed by atoms with Crippen LogP contribution in [-0.2, 0) is 4.79 Å². The SMILES string of the molecule is CC(=O)c1cccc(NC(=O)CN2CCN(c3ccc(C(C)C)cc3)C2=O)c1. The number of ketones is 1. The molecule has 2 aromatic carbocycles. The Morgan fingerprint density at radius 2 is 1.79 bits per heavy atom. The Kier molecular flexibility index (Phi) is 5.78. The van der Waals surface area contributed by atoms with E-state index in [0.29, 0.717) is 30.3 Å². The quantitative estimate of drug-likeness (QED) is 0.774. The van der Waals surface area contributed by atoms with Crippen molar-refractivity contribution in [2.45, 2.75) is 26.7 Å². The van der Waals surface area contributed by atoms with E-state index in [9.17, 15) is 14.4 Å². The van der Waals surface area contributed by atoms with E-state index in [4.69, 9.17) is 0 Å². The van der Waals surface area contributed by atoms with E-state index in [1.54, 1.807) is 29.2 Å². The maximum atomic E-state index is 12.7. The average Bonchev–Trinajstić information content (AvgIpc) is 3.02. The Labute approximate surface area is 165 Å². The van der Waals surface area contributed by atoms with Gasteiger partial charge in [0.2, 0.25) is 5.91 Å². The van der Waals surface area contributed by atoms with Crippen molar-refractivity contribution in [3.63, 3.8) is 0 Å². The van der Waals surface area contributed by atoms with Crippen LogP contribution in [0, 0.1) is 0 Å². The van der Waals surface area contributed by atoms with E-state index in [-0.39, 0.29) is 24.3 Å². The van der Waals surface area contributed by atoms with Gasteiger partial charge in [-0.15, -0.1) is 0 Å². The fraction of sp³-hybridized carbons (Fsp3) is 0.318. The van der Waals surface area contributed by atoms with Crippen molar-refractivity contribution < 1.29 is 14.4 Å². The lowest BCUT2D eigenvalue weighted by Gasteiger charge is -2.19. The highest BCUT2D eigenvalue weighted by atomic mass is 16.2. The summed E-state index contributed by atoms with van der Waals surface area (Å²) in [5, 5.41) is 2.76. The fourth-order valence-corrected chi connectivity index (χ4v) is 3.20. The summed E-state index contributed by atoms with van der Waals surface area (Å²) >= 11 is 0. The number of rotatable bonds is 6. The average molecular weight is 379 g/mol. The topological polar surface area (TPSA) is 69.7 Å². The zero-order chi connectivity index (χ0) is 20.3. The van der Waals surface area contributed by atoms with Gasteiger partial charge in [0.25, 0.3) is 0 Å². The third kappa shape index (κ3) is 4.39. The molecule has 1 saturated heterocycles. The highest BCUT2D eigenvalue weighted by Crippen LogP contribution is 2.23. The first-order valence-electron chi connectivity index (χ1n) is 9.42. The minimum Gasteiger partial charge on any atom is -0.325 e. The number of nitrogens with zero attached hydrogens (tertiary/aromatic N) is 2. The molecule has 3 rings (SSSR count). The molecule has 2 aromatic rings. The Morgan fingerprint density at radius 1 is 1.07 bits per heavy atom. The van der Waals surface area contributed by atoms with Crippen molar-refractivity contribution in [1.29, 1.82) is 0 Å². The molecule has 0 unspecified atom stereocenters. The summed E-state index contributed by atoms with van der Waals surface area (Å²) in [5.74, 6) is 0.0843. The van der Waals surface area contributed by atoms with Gasteiger partial charge < -0.3 is 10.2 Å². The lowest BCUT2D eigenvalue weighted by atomic mass is 10.0. The van der Waals surface area contributed by atoms with Crippen LogP contribution in [0.3, 0.4) is 0 Å².